The molecule has 3 heteroatoms. The van der Waals surface area contributed by atoms with Crippen LogP contribution in [-0.4, -0.2) is 12.1 Å². The zero-order valence-electron chi connectivity index (χ0n) is 10.5. The molecule has 0 aromatic heterocycles. The van der Waals surface area contributed by atoms with E-state index < -0.39 is 0 Å². The smallest absolute Gasteiger partial charge is 0.410 e. The van der Waals surface area contributed by atoms with Gasteiger partial charge in [-0.15, -0.1) is 0 Å². The lowest BCUT2D eigenvalue weighted by Gasteiger charge is -2.11. The van der Waals surface area contributed by atoms with Crippen LogP contribution in [0.15, 0.2) is 54.6 Å². The third-order valence-electron chi connectivity index (χ3n) is 3.33. The van der Waals surface area contributed by atoms with Crippen molar-refractivity contribution in [2.75, 3.05) is 0 Å². The van der Waals surface area contributed by atoms with Crippen molar-refractivity contribution >= 4 is 6.09 Å². The normalized spacial score (nSPS) is 13.9. The molecule has 0 fully saturated rings. The van der Waals surface area contributed by atoms with Crippen molar-refractivity contribution < 1.29 is 9.53 Å². The Kier molecular flexibility index (Phi) is 3.19. The fourth-order valence-corrected chi connectivity index (χ4v) is 2.45. The SMILES string of the molecule is O=C(NC1Cc2ccccc2C1)Oc1ccccc1. The third-order valence-corrected chi connectivity index (χ3v) is 3.33. The minimum absolute atomic E-state index is 0.133. The average molecular weight is 253 g/mol. The number of benzene rings is 2. The Balaban J connectivity index is 1.58. The van der Waals surface area contributed by atoms with E-state index in [-0.39, 0.29) is 12.1 Å². The Morgan fingerprint density at radius 3 is 2.16 bits per heavy atom. The number of hydrogen-bond acceptors (Lipinski definition) is 2. The molecule has 0 saturated heterocycles. The third kappa shape index (κ3) is 2.76. The summed E-state index contributed by atoms with van der Waals surface area (Å²) in [6.07, 6.45) is 1.36. The second-order valence-electron chi connectivity index (χ2n) is 4.72. The molecule has 19 heavy (non-hydrogen) atoms. The maximum atomic E-state index is 11.8. The Morgan fingerprint density at radius 2 is 1.53 bits per heavy atom. The van der Waals surface area contributed by atoms with Gasteiger partial charge in [0.15, 0.2) is 0 Å². The molecule has 1 amide bonds. The summed E-state index contributed by atoms with van der Waals surface area (Å²) in [4.78, 5) is 11.8. The molecule has 1 aliphatic carbocycles. The fraction of sp³-hybridized carbons (Fsp3) is 0.188. The molecule has 2 aromatic rings. The number of ether oxygens (including phenoxy) is 1. The maximum Gasteiger partial charge on any atom is 0.412 e. The summed E-state index contributed by atoms with van der Waals surface area (Å²) in [7, 11) is 0. The predicted molar refractivity (Wildman–Crippen MR) is 73.2 cm³/mol. The minimum Gasteiger partial charge on any atom is -0.410 e. The molecular weight excluding hydrogens is 238 g/mol. The van der Waals surface area contributed by atoms with Crippen LogP contribution >= 0.6 is 0 Å². The topological polar surface area (TPSA) is 38.3 Å². The first-order chi connectivity index (χ1) is 9.31. The summed E-state index contributed by atoms with van der Waals surface area (Å²) in [5, 5.41) is 2.91. The van der Waals surface area contributed by atoms with Gasteiger partial charge >= 0.3 is 6.09 Å². The van der Waals surface area contributed by atoms with Gasteiger partial charge in [0.05, 0.1) is 0 Å². The van der Waals surface area contributed by atoms with Crippen molar-refractivity contribution in [1.29, 1.82) is 0 Å². The van der Waals surface area contributed by atoms with E-state index in [2.05, 4.69) is 17.4 Å². The van der Waals surface area contributed by atoms with E-state index >= 15 is 0 Å². The number of nitrogens with one attached hydrogen (secondary N) is 1. The molecule has 0 saturated carbocycles. The quantitative estimate of drug-likeness (QED) is 0.893. The van der Waals surface area contributed by atoms with Crippen LogP contribution in [0.25, 0.3) is 0 Å². The second kappa shape index (κ2) is 5.14. The molecule has 3 rings (SSSR count). The summed E-state index contributed by atoms with van der Waals surface area (Å²) >= 11 is 0. The number of hydrogen-bond donors (Lipinski definition) is 1. The summed E-state index contributed by atoms with van der Waals surface area (Å²) in [6, 6.07) is 17.5. The van der Waals surface area contributed by atoms with Crippen LogP contribution in [0, 0.1) is 0 Å². The van der Waals surface area contributed by atoms with Crippen LogP contribution in [-0.2, 0) is 12.8 Å². The number of amides is 1. The van der Waals surface area contributed by atoms with Gasteiger partial charge in [0.2, 0.25) is 0 Å². The maximum absolute atomic E-state index is 11.8. The minimum atomic E-state index is -0.385. The molecule has 0 heterocycles. The van der Waals surface area contributed by atoms with Crippen molar-refractivity contribution in [2.24, 2.45) is 0 Å². The van der Waals surface area contributed by atoms with Crippen LogP contribution in [0.3, 0.4) is 0 Å². The Labute approximate surface area is 112 Å². The van der Waals surface area contributed by atoms with Crippen LogP contribution in [0.2, 0.25) is 0 Å². The zero-order valence-corrected chi connectivity index (χ0v) is 10.5. The number of fused-ring (bicyclic) bond motifs is 1. The second-order valence-corrected chi connectivity index (χ2v) is 4.72. The summed E-state index contributed by atoms with van der Waals surface area (Å²) in [6.45, 7) is 0. The van der Waals surface area contributed by atoms with Crippen LogP contribution in [0.4, 0.5) is 4.79 Å². The van der Waals surface area contributed by atoms with Crippen LogP contribution in [0.5, 0.6) is 5.75 Å². The van der Waals surface area contributed by atoms with Gasteiger partial charge in [-0.2, -0.15) is 0 Å². The molecule has 1 N–H and O–H groups in total. The molecule has 0 spiro atoms. The first-order valence-corrected chi connectivity index (χ1v) is 6.41. The zero-order chi connectivity index (χ0) is 13.1. The Bertz CT molecular complexity index is 555. The van der Waals surface area contributed by atoms with Crippen LogP contribution < -0.4 is 10.1 Å². The highest BCUT2D eigenvalue weighted by atomic mass is 16.6. The largest absolute Gasteiger partial charge is 0.412 e. The molecule has 3 nitrogen and oxygen atoms in total. The summed E-state index contributed by atoms with van der Waals surface area (Å²) in [5.74, 6) is 0.565. The number of carbonyl (C=O) groups is 1. The molecule has 0 unspecified atom stereocenters. The lowest BCUT2D eigenvalue weighted by molar-refractivity contribution is 0.196. The van der Waals surface area contributed by atoms with Crippen molar-refractivity contribution in [3.8, 4) is 5.75 Å². The lowest BCUT2D eigenvalue weighted by Crippen LogP contribution is -2.37. The molecule has 0 aliphatic heterocycles. The van der Waals surface area contributed by atoms with E-state index in [4.69, 9.17) is 4.74 Å². The molecule has 0 atom stereocenters. The average Bonchev–Trinajstić information content (AvgIpc) is 2.81. The Hall–Kier alpha value is -2.29. The van der Waals surface area contributed by atoms with E-state index in [1.54, 1.807) is 12.1 Å². The molecule has 96 valence electrons. The van der Waals surface area contributed by atoms with Gasteiger partial charge in [-0.1, -0.05) is 42.5 Å². The monoisotopic (exact) mass is 253 g/mol. The van der Waals surface area contributed by atoms with Crippen molar-refractivity contribution in [3.05, 3.63) is 65.7 Å². The van der Waals surface area contributed by atoms with Crippen molar-refractivity contribution in [1.82, 2.24) is 5.32 Å². The van der Waals surface area contributed by atoms with Gasteiger partial charge in [-0.25, -0.2) is 4.79 Å². The number of rotatable bonds is 2. The molecule has 1 aliphatic rings. The summed E-state index contributed by atoms with van der Waals surface area (Å²) in [5.41, 5.74) is 2.63. The van der Waals surface area contributed by atoms with E-state index in [1.807, 2.05) is 30.3 Å². The van der Waals surface area contributed by atoms with E-state index in [0.29, 0.717) is 5.75 Å². The van der Waals surface area contributed by atoms with Crippen molar-refractivity contribution in [3.63, 3.8) is 0 Å². The van der Waals surface area contributed by atoms with Gasteiger partial charge in [-0.3, -0.25) is 0 Å². The lowest BCUT2D eigenvalue weighted by atomic mass is 10.1. The molecular formula is C16H15NO2. The number of para-hydroxylation sites is 1. The van der Waals surface area contributed by atoms with E-state index in [9.17, 15) is 4.79 Å². The highest BCUT2D eigenvalue weighted by Crippen LogP contribution is 2.21. The van der Waals surface area contributed by atoms with Gasteiger partial charge in [0.1, 0.15) is 5.75 Å². The standard InChI is InChI=1S/C16H15NO2/c18-16(19-15-8-2-1-3-9-15)17-14-10-12-6-4-5-7-13(12)11-14/h1-9,14H,10-11H2,(H,17,18). The predicted octanol–water partition coefficient (Wildman–Crippen LogP) is 2.94. The van der Waals surface area contributed by atoms with Gasteiger partial charge < -0.3 is 10.1 Å². The van der Waals surface area contributed by atoms with E-state index in [1.165, 1.54) is 11.1 Å². The molecule has 2 aromatic carbocycles. The first-order valence-electron chi connectivity index (χ1n) is 6.41. The first kappa shape index (κ1) is 11.8. The highest BCUT2D eigenvalue weighted by molar-refractivity contribution is 5.71. The molecule has 0 bridgehead atoms. The van der Waals surface area contributed by atoms with Gasteiger partial charge in [-0.05, 0) is 36.1 Å². The van der Waals surface area contributed by atoms with Crippen molar-refractivity contribution in [2.45, 2.75) is 18.9 Å². The highest BCUT2D eigenvalue weighted by Gasteiger charge is 2.22. The number of carbonyl (C=O) groups excluding carboxylic acids is 1. The Morgan fingerprint density at radius 1 is 0.947 bits per heavy atom. The summed E-state index contributed by atoms with van der Waals surface area (Å²) < 4.78 is 5.23. The van der Waals surface area contributed by atoms with Crippen LogP contribution in [0.1, 0.15) is 11.1 Å². The van der Waals surface area contributed by atoms with E-state index in [0.717, 1.165) is 12.8 Å². The fourth-order valence-electron chi connectivity index (χ4n) is 2.45. The van der Waals surface area contributed by atoms with Gasteiger partial charge in [0, 0.05) is 6.04 Å². The molecule has 0 radical (unpaired) electrons. The van der Waals surface area contributed by atoms with Gasteiger partial charge in [0.25, 0.3) is 0 Å².